The summed E-state index contributed by atoms with van der Waals surface area (Å²) in [6.45, 7) is 2.28. The van der Waals surface area contributed by atoms with E-state index in [9.17, 15) is 18.0 Å². The Hall–Kier alpha value is -1.49. The average Bonchev–Trinajstić information content (AvgIpc) is 3.40. The highest BCUT2D eigenvalue weighted by Gasteiger charge is 2.38. The highest BCUT2D eigenvalue weighted by molar-refractivity contribution is 7.91. The number of sulfonamides is 1. The van der Waals surface area contributed by atoms with Crippen LogP contribution in [-0.4, -0.2) is 69.0 Å². The van der Waals surface area contributed by atoms with Gasteiger partial charge in [-0.2, -0.15) is 4.31 Å². The number of carbonyl (C=O) groups is 2. The monoisotopic (exact) mass is 470 g/mol. The maximum atomic E-state index is 13.6. The molecule has 0 spiro atoms. The van der Waals surface area contributed by atoms with Gasteiger partial charge in [-0.05, 0) is 37.7 Å². The lowest BCUT2D eigenvalue weighted by Crippen LogP contribution is -2.41. The van der Waals surface area contributed by atoms with E-state index in [0.717, 1.165) is 54.7 Å². The van der Waals surface area contributed by atoms with Crippen molar-refractivity contribution in [2.45, 2.75) is 68.2 Å². The van der Waals surface area contributed by atoms with Gasteiger partial charge in [0, 0.05) is 31.1 Å². The molecule has 1 aromatic heterocycles. The third-order valence-electron chi connectivity index (χ3n) is 6.32. The molecular formula is C21H30N2O6S2. The lowest BCUT2D eigenvalue weighted by molar-refractivity contribution is -0.141. The van der Waals surface area contributed by atoms with Gasteiger partial charge in [-0.25, -0.2) is 13.2 Å². The minimum Gasteiger partial charge on any atom is -0.465 e. The molecule has 0 aliphatic carbocycles. The summed E-state index contributed by atoms with van der Waals surface area (Å²) >= 11 is 1.12. The Morgan fingerprint density at radius 3 is 2.42 bits per heavy atom. The smallest absolute Gasteiger partial charge is 0.340 e. The van der Waals surface area contributed by atoms with Crippen molar-refractivity contribution in [2.24, 2.45) is 0 Å². The van der Waals surface area contributed by atoms with Gasteiger partial charge in [0.05, 0.1) is 19.2 Å². The number of hydrogen-bond donors (Lipinski definition) is 0. The first kappa shape index (κ1) is 22.7. The van der Waals surface area contributed by atoms with E-state index >= 15 is 0 Å². The standard InChI is InChI=1S/C21H30N2O6S2/c1-28-20(25)18-15-9-12-22(19(24)16-8-7-13-29-16)14-17(15)30-21(18)31(26,27)23-10-5-3-2-4-6-11-23/h16H,2-14H2,1H3/t16-/m0/s1. The second kappa shape index (κ2) is 9.56. The number of amides is 1. The SMILES string of the molecule is COC(=O)c1c(S(=O)(=O)N2CCCCCCC2)sc2c1CCN(C(=O)[C@@H]1CCCO1)C2. The van der Waals surface area contributed by atoms with Crippen LogP contribution in [0.3, 0.4) is 0 Å². The van der Waals surface area contributed by atoms with Crippen molar-refractivity contribution >= 4 is 33.2 Å². The number of nitrogens with zero attached hydrogens (tertiary/aromatic N) is 2. The Balaban J connectivity index is 1.66. The van der Waals surface area contributed by atoms with Crippen LogP contribution in [0.5, 0.6) is 0 Å². The first-order chi connectivity index (χ1) is 14.9. The number of methoxy groups -OCH3 is 1. The summed E-state index contributed by atoms with van der Waals surface area (Å²) in [5.41, 5.74) is 0.868. The highest BCUT2D eigenvalue weighted by atomic mass is 32.2. The van der Waals surface area contributed by atoms with Gasteiger partial charge in [0.2, 0.25) is 0 Å². The van der Waals surface area contributed by atoms with Gasteiger partial charge in [-0.1, -0.05) is 19.3 Å². The third kappa shape index (κ3) is 4.53. The molecule has 172 valence electrons. The van der Waals surface area contributed by atoms with Gasteiger partial charge in [-0.15, -0.1) is 11.3 Å². The zero-order chi connectivity index (χ0) is 22.0. The van der Waals surface area contributed by atoms with Crippen LogP contribution in [0, 0.1) is 0 Å². The fourth-order valence-corrected chi connectivity index (χ4v) is 8.17. The van der Waals surface area contributed by atoms with E-state index in [1.807, 2.05) is 0 Å². The second-order valence-electron chi connectivity index (χ2n) is 8.34. The van der Waals surface area contributed by atoms with Crippen molar-refractivity contribution < 1.29 is 27.5 Å². The summed E-state index contributed by atoms with van der Waals surface area (Å²) in [7, 11) is -2.54. The van der Waals surface area contributed by atoms with Gasteiger partial charge in [0.1, 0.15) is 10.3 Å². The normalized spacial score (nSPS) is 23.1. The van der Waals surface area contributed by atoms with Crippen molar-refractivity contribution in [1.82, 2.24) is 9.21 Å². The Morgan fingerprint density at radius 1 is 1.06 bits per heavy atom. The summed E-state index contributed by atoms with van der Waals surface area (Å²) in [5, 5.41) is 0. The average molecular weight is 471 g/mol. The Labute approximate surface area is 187 Å². The van der Waals surface area contributed by atoms with Gasteiger partial charge < -0.3 is 14.4 Å². The summed E-state index contributed by atoms with van der Waals surface area (Å²) in [6, 6.07) is 0. The van der Waals surface area contributed by atoms with Crippen LogP contribution in [0.4, 0.5) is 0 Å². The number of ether oxygens (including phenoxy) is 2. The topological polar surface area (TPSA) is 93.2 Å². The van der Waals surface area contributed by atoms with Gasteiger partial charge in [0.25, 0.3) is 15.9 Å². The first-order valence-corrected chi connectivity index (χ1v) is 13.3. The lowest BCUT2D eigenvalue weighted by Gasteiger charge is -2.29. The molecule has 0 bridgehead atoms. The molecule has 10 heteroatoms. The summed E-state index contributed by atoms with van der Waals surface area (Å²) in [5.74, 6) is -0.675. The molecule has 0 saturated carbocycles. The Morgan fingerprint density at radius 2 is 1.77 bits per heavy atom. The number of thiophene rings is 1. The van der Waals surface area contributed by atoms with Crippen molar-refractivity contribution in [3.8, 4) is 0 Å². The van der Waals surface area contributed by atoms with E-state index < -0.39 is 22.1 Å². The Bertz CT molecular complexity index is 928. The number of rotatable bonds is 4. The predicted molar refractivity (Wildman–Crippen MR) is 116 cm³/mol. The minimum atomic E-state index is -3.81. The predicted octanol–water partition coefficient (Wildman–Crippen LogP) is 2.55. The van der Waals surface area contributed by atoms with E-state index in [4.69, 9.17) is 9.47 Å². The molecule has 1 aromatic rings. The van der Waals surface area contributed by atoms with E-state index in [2.05, 4.69) is 0 Å². The molecule has 4 rings (SSSR count). The quantitative estimate of drug-likeness (QED) is 0.628. The summed E-state index contributed by atoms with van der Waals surface area (Å²) in [6.07, 6.45) is 6.41. The number of esters is 1. The molecule has 2 fully saturated rings. The minimum absolute atomic E-state index is 0.0515. The maximum absolute atomic E-state index is 13.6. The third-order valence-corrected chi connectivity index (χ3v) is 9.93. The molecular weight excluding hydrogens is 440 g/mol. The van der Waals surface area contributed by atoms with Crippen LogP contribution in [0.1, 0.15) is 65.7 Å². The largest absolute Gasteiger partial charge is 0.465 e. The van der Waals surface area contributed by atoms with E-state index in [1.165, 1.54) is 11.4 Å². The van der Waals surface area contributed by atoms with Crippen molar-refractivity contribution in [2.75, 3.05) is 33.4 Å². The molecule has 1 atom stereocenters. The summed E-state index contributed by atoms with van der Waals surface area (Å²) in [4.78, 5) is 27.9. The number of fused-ring (bicyclic) bond motifs is 1. The van der Waals surface area contributed by atoms with E-state index in [-0.39, 0.29) is 15.7 Å². The maximum Gasteiger partial charge on any atom is 0.340 e. The fraction of sp³-hybridized carbons (Fsp3) is 0.714. The van der Waals surface area contributed by atoms with Crippen LogP contribution < -0.4 is 0 Å². The van der Waals surface area contributed by atoms with Crippen LogP contribution in [0.15, 0.2) is 4.21 Å². The van der Waals surface area contributed by atoms with Crippen molar-refractivity contribution in [3.63, 3.8) is 0 Å². The zero-order valence-electron chi connectivity index (χ0n) is 17.9. The van der Waals surface area contributed by atoms with Crippen molar-refractivity contribution in [1.29, 1.82) is 0 Å². The van der Waals surface area contributed by atoms with Gasteiger partial charge in [0.15, 0.2) is 0 Å². The fourth-order valence-electron chi connectivity index (χ4n) is 4.61. The highest BCUT2D eigenvalue weighted by Crippen LogP contribution is 2.38. The molecule has 3 aliphatic rings. The molecule has 4 heterocycles. The zero-order valence-corrected chi connectivity index (χ0v) is 19.6. The number of hydrogen-bond acceptors (Lipinski definition) is 7. The molecule has 1 amide bonds. The first-order valence-electron chi connectivity index (χ1n) is 11.1. The molecule has 0 aromatic carbocycles. The number of carbonyl (C=O) groups excluding carboxylic acids is 2. The second-order valence-corrected chi connectivity index (χ2v) is 11.6. The molecule has 3 aliphatic heterocycles. The van der Waals surface area contributed by atoms with E-state index in [0.29, 0.717) is 51.2 Å². The van der Waals surface area contributed by atoms with Gasteiger partial charge >= 0.3 is 5.97 Å². The molecule has 8 nitrogen and oxygen atoms in total. The van der Waals surface area contributed by atoms with Crippen LogP contribution in [0.25, 0.3) is 0 Å². The Kier molecular flexibility index (Phi) is 7.00. The van der Waals surface area contributed by atoms with Gasteiger partial charge in [-0.3, -0.25) is 4.79 Å². The molecule has 0 N–H and O–H groups in total. The van der Waals surface area contributed by atoms with Crippen LogP contribution >= 0.6 is 11.3 Å². The van der Waals surface area contributed by atoms with Crippen molar-refractivity contribution in [3.05, 3.63) is 16.0 Å². The molecule has 0 radical (unpaired) electrons. The summed E-state index contributed by atoms with van der Waals surface area (Å²) < 4.78 is 39.2. The lowest BCUT2D eigenvalue weighted by atomic mass is 10.0. The molecule has 0 unspecified atom stereocenters. The van der Waals surface area contributed by atoms with Crippen LogP contribution in [-0.2, 0) is 37.3 Å². The van der Waals surface area contributed by atoms with E-state index in [1.54, 1.807) is 4.90 Å². The molecule has 31 heavy (non-hydrogen) atoms. The van der Waals surface area contributed by atoms with Crippen LogP contribution in [0.2, 0.25) is 0 Å². The molecule has 2 saturated heterocycles.